The van der Waals surface area contributed by atoms with Crippen LogP contribution in [0, 0.1) is 23.0 Å². The molecule has 0 aliphatic rings. The van der Waals surface area contributed by atoms with Crippen molar-refractivity contribution < 1.29 is 13.5 Å². The minimum absolute atomic E-state index is 0.0386. The zero-order chi connectivity index (χ0) is 15.2. The third-order valence-corrected chi connectivity index (χ3v) is 2.94. The summed E-state index contributed by atoms with van der Waals surface area (Å²) in [5.41, 5.74) is 6.71. The normalized spacial score (nSPS) is 10.2. The van der Waals surface area contributed by atoms with E-state index in [1.54, 1.807) is 6.07 Å². The molecule has 2 aromatic carbocycles. The molecule has 0 fully saturated rings. The van der Waals surface area contributed by atoms with Crippen molar-refractivity contribution in [2.75, 3.05) is 6.54 Å². The molecule has 5 heteroatoms. The summed E-state index contributed by atoms with van der Waals surface area (Å²) < 4.78 is 32.5. The molecular weight excluding hydrogens is 274 g/mol. The first-order valence-corrected chi connectivity index (χ1v) is 6.43. The van der Waals surface area contributed by atoms with Crippen LogP contribution >= 0.6 is 0 Å². The van der Waals surface area contributed by atoms with Crippen molar-refractivity contribution in [2.24, 2.45) is 5.73 Å². The molecule has 3 nitrogen and oxygen atoms in total. The van der Waals surface area contributed by atoms with Gasteiger partial charge in [0, 0.05) is 11.6 Å². The summed E-state index contributed by atoms with van der Waals surface area (Å²) in [5, 5.41) is 8.67. The van der Waals surface area contributed by atoms with E-state index in [9.17, 15) is 8.78 Å². The molecule has 0 amide bonds. The lowest BCUT2D eigenvalue weighted by molar-refractivity contribution is 0.298. The van der Waals surface area contributed by atoms with Crippen molar-refractivity contribution in [1.29, 1.82) is 5.26 Å². The summed E-state index contributed by atoms with van der Waals surface area (Å²) in [5.74, 6) is -0.619. The number of nitrogens with zero attached hydrogens (tertiary/aromatic N) is 1. The molecule has 0 aromatic heterocycles. The molecule has 0 spiro atoms. The number of nitrogens with two attached hydrogens (primary N) is 1. The molecule has 0 heterocycles. The topological polar surface area (TPSA) is 59.0 Å². The van der Waals surface area contributed by atoms with Crippen molar-refractivity contribution in [3.8, 4) is 11.8 Å². The quantitative estimate of drug-likeness (QED) is 0.920. The van der Waals surface area contributed by atoms with Crippen LogP contribution in [0.1, 0.15) is 16.7 Å². The highest BCUT2D eigenvalue weighted by molar-refractivity contribution is 5.34. The molecule has 0 radical (unpaired) electrons. The molecule has 0 aliphatic heterocycles. The van der Waals surface area contributed by atoms with Crippen molar-refractivity contribution in [2.45, 2.75) is 13.0 Å². The van der Waals surface area contributed by atoms with Gasteiger partial charge >= 0.3 is 0 Å². The highest BCUT2D eigenvalue weighted by Gasteiger charge is 2.06. The monoisotopic (exact) mass is 288 g/mol. The third-order valence-electron chi connectivity index (χ3n) is 2.94. The van der Waals surface area contributed by atoms with Crippen LogP contribution in [-0.4, -0.2) is 6.54 Å². The van der Waals surface area contributed by atoms with Gasteiger partial charge in [-0.1, -0.05) is 6.07 Å². The van der Waals surface area contributed by atoms with Gasteiger partial charge in [0.15, 0.2) is 0 Å². The number of benzene rings is 2. The van der Waals surface area contributed by atoms with Gasteiger partial charge in [0.05, 0.1) is 11.6 Å². The Morgan fingerprint density at radius 3 is 2.62 bits per heavy atom. The Morgan fingerprint density at radius 2 is 1.95 bits per heavy atom. The van der Waals surface area contributed by atoms with E-state index < -0.39 is 11.6 Å². The summed E-state index contributed by atoms with van der Waals surface area (Å²) in [6, 6.07) is 10.3. The van der Waals surface area contributed by atoms with Gasteiger partial charge in [0.25, 0.3) is 0 Å². The number of hydrogen-bond acceptors (Lipinski definition) is 3. The predicted octanol–water partition coefficient (Wildman–Crippen LogP) is 2.92. The van der Waals surface area contributed by atoms with E-state index in [0.717, 1.165) is 11.6 Å². The molecular formula is C16H14F2N2O. The molecule has 0 unspecified atom stereocenters. The summed E-state index contributed by atoms with van der Waals surface area (Å²) in [4.78, 5) is 0. The van der Waals surface area contributed by atoms with Crippen molar-refractivity contribution >= 4 is 0 Å². The van der Waals surface area contributed by atoms with Crippen LogP contribution in [0.3, 0.4) is 0 Å². The first kappa shape index (κ1) is 14.9. The maximum atomic E-state index is 13.7. The van der Waals surface area contributed by atoms with E-state index in [0.29, 0.717) is 24.3 Å². The lowest BCUT2D eigenvalue weighted by Crippen LogP contribution is -2.04. The Hall–Kier alpha value is -2.45. The second-order valence-corrected chi connectivity index (χ2v) is 4.54. The average molecular weight is 288 g/mol. The highest BCUT2D eigenvalue weighted by Crippen LogP contribution is 2.19. The first-order chi connectivity index (χ1) is 10.1. The summed E-state index contributed by atoms with van der Waals surface area (Å²) in [7, 11) is 0. The summed E-state index contributed by atoms with van der Waals surface area (Å²) in [6.07, 6.45) is 0.541. The Morgan fingerprint density at radius 1 is 1.14 bits per heavy atom. The Balaban J connectivity index is 2.11. The fraction of sp³-hybridized carbons (Fsp3) is 0.188. The number of hydrogen-bond donors (Lipinski definition) is 1. The second-order valence-electron chi connectivity index (χ2n) is 4.54. The highest BCUT2D eigenvalue weighted by atomic mass is 19.1. The Labute approximate surface area is 121 Å². The van der Waals surface area contributed by atoms with Crippen LogP contribution in [0.15, 0.2) is 36.4 Å². The predicted molar refractivity (Wildman–Crippen MR) is 74.6 cm³/mol. The average Bonchev–Trinajstić information content (AvgIpc) is 2.45. The van der Waals surface area contributed by atoms with E-state index in [4.69, 9.17) is 15.7 Å². The molecule has 21 heavy (non-hydrogen) atoms. The van der Waals surface area contributed by atoms with Crippen LogP contribution in [0.5, 0.6) is 5.75 Å². The van der Waals surface area contributed by atoms with Crippen molar-refractivity contribution in [3.63, 3.8) is 0 Å². The SMILES string of the molecule is N#Cc1ccc(COc2cc(F)cc(CCN)c2)c(F)c1. The summed E-state index contributed by atoms with van der Waals surface area (Å²) >= 11 is 0. The van der Waals surface area contributed by atoms with Gasteiger partial charge in [0.1, 0.15) is 24.0 Å². The minimum atomic E-state index is -0.521. The molecule has 0 saturated heterocycles. The zero-order valence-electron chi connectivity index (χ0n) is 11.3. The number of halogens is 2. The zero-order valence-corrected chi connectivity index (χ0v) is 11.3. The van der Waals surface area contributed by atoms with Gasteiger partial charge in [-0.3, -0.25) is 0 Å². The smallest absolute Gasteiger partial charge is 0.131 e. The fourth-order valence-electron chi connectivity index (χ4n) is 1.91. The van der Waals surface area contributed by atoms with Crippen LogP contribution in [0.4, 0.5) is 8.78 Å². The van der Waals surface area contributed by atoms with E-state index in [-0.39, 0.29) is 12.2 Å². The van der Waals surface area contributed by atoms with Gasteiger partial charge in [0.2, 0.25) is 0 Å². The molecule has 0 aliphatic carbocycles. The van der Waals surface area contributed by atoms with Gasteiger partial charge in [-0.2, -0.15) is 5.26 Å². The molecule has 0 atom stereocenters. The van der Waals surface area contributed by atoms with Gasteiger partial charge < -0.3 is 10.5 Å². The third kappa shape index (κ3) is 4.01. The number of rotatable bonds is 5. The second kappa shape index (κ2) is 6.82. The maximum absolute atomic E-state index is 13.7. The first-order valence-electron chi connectivity index (χ1n) is 6.43. The van der Waals surface area contributed by atoms with Gasteiger partial charge in [-0.05, 0) is 42.8 Å². The number of nitriles is 1. The Kier molecular flexibility index (Phi) is 4.85. The standard InChI is InChI=1S/C16H14F2N2O/c17-14-5-11(3-4-19)6-15(8-14)21-10-13-2-1-12(9-20)7-16(13)18/h1-2,5-8H,3-4,10,19H2. The maximum Gasteiger partial charge on any atom is 0.131 e. The fourth-order valence-corrected chi connectivity index (χ4v) is 1.91. The van der Waals surface area contributed by atoms with Crippen molar-refractivity contribution in [3.05, 3.63) is 64.7 Å². The van der Waals surface area contributed by atoms with E-state index >= 15 is 0 Å². The Bertz CT molecular complexity index is 680. The summed E-state index contributed by atoms with van der Waals surface area (Å²) in [6.45, 7) is 0.371. The van der Waals surface area contributed by atoms with Gasteiger partial charge in [-0.15, -0.1) is 0 Å². The lowest BCUT2D eigenvalue weighted by Gasteiger charge is -2.09. The van der Waals surface area contributed by atoms with Crippen molar-refractivity contribution in [1.82, 2.24) is 0 Å². The molecule has 2 aromatic rings. The van der Waals surface area contributed by atoms with E-state index in [2.05, 4.69) is 0 Å². The molecule has 0 bridgehead atoms. The number of ether oxygens (including phenoxy) is 1. The minimum Gasteiger partial charge on any atom is -0.489 e. The lowest BCUT2D eigenvalue weighted by atomic mass is 10.1. The molecule has 2 rings (SSSR count). The van der Waals surface area contributed by atoms with Crippen LogP contribution < -0.4 is 10.5 Å². The van der Waals surface area contributed by atoms with Crippen LogP contribution in [0.25, 0.3) is 0 Å². The van der Waals surface area contributed by atoms with E-state index in [1.807, 2.05) is 6.07 Å². The largest absolute Gasteiger partial charge is 0.489 e. The molecule has 108 valence electrons. The van der Waals surface area contributed by atoms with Crippen LogP contribution in [-0.2, 0) is 13.0 Å². The molecule has 0 saturated carbocycles. The molecule has 2 N–H and O–H groups in total. The van der Waals surface area contributed by atoms with Crippen LogP contribution in [0.2, 0.25) is 0 Å². The van der Waals surface area contributed by atoms with Gasteiger partial charge in [-0.25, -0.2) is 8.78 Å². The van der Waals surface area contributed by atoms with E-state index in [1.165, 1.54) is 24.3 Å².